The number of aliphatic hydroxyl groups excluding tert-OH is 1. The van der Waals surface area contributed by atoms with Crippen LogP contribution in [0.4, 0.5) is 0 Å². The van der Waals surface area contributed by atoms with Gasteiger partial charge in [-0.15, -0.1) is 0 Å². The second kappa shape index (κ2) is 11.4. The molecule has 0 saturated carbocycles. The predicted molar refractivity (Wildman–Crippen MR) is 135 cm³/mol. The highest BCUT2D eigenvalue weighted by Crippen LogP contribution is 2.25. The number of rotatable bonds is 9. The third kappa shape index (κ3) is 6.45. The van der Waals surface area contributed by atoms with Gasteiger partial charge in [0, 0.05) is 24.3 Å². The summed E-state index contributed by atoms with van der Waals surface area (Å²) in [5, 5.41) is 22.6. The number of pyridine rings is 1. The lowest BCUT2D eigenvalue weighted by Crippen LogP contribution is -2.44. The summed E-state index contributed by atoms with van der Waals surface area (Å²) in [7, 11) is 0. The normalized spacial score (nSPS) is 15.6. The van der Waals surface area contributed by atoms with E-state index in [-0.39, 0.29) is 18.2 Å². The van der Waals surface area contributed by atoms with Gasteiger partial charge >= 0.3 is 5.97 Å². The number of piperidine rings is 1. The maximum Gasteiger partial charge on any atom is 0.335 e. The highest BCUT2D eigenvalue weighted by Gasteiger charge is 2.23. The Kier molecular flexibility index (Phi) is 8.13. The Morgan fingerprint density at radius 3 is 2.49 bits per heavy atom. The number of hydrogen-bond donors (Lipinski definition) is 3. The molecular weight excluding hydrogens is 442 g/mol. The molecule has 0 radical (unpaired) electrons. The van der Waals surface area contributed by atoms with E-state index < -0.39 is 5.97 Å². The van der Waals surface area contributed by atoms with Crippen molar-refractivity contribution in [3.63, 3.8) is 0 Å². The van der Waals surface area contributed by atoms with Crippen molar-refractivity contribution in [3.8, 4) is 11.6 Å². The van der Waals surface area contributed by atoms with Crippen LogP contribution in [-0.4, -0.2) is 51.8 Å². The lowest BCUT2D eigenvalue weighted by atomic mass is 10.0. The summed E-state index contributed by atoms with van der Waals surface area (Å²) < 4.78 is 5.87. The van der Waals surface area contributed by atoms with Gasteiger partial charge in [-0.2, -0.15) is 0 Å². The average molecular weight is 476 g/mol. The van der Waals surface area contributed by atoms with Crippen molar-refractivity contribution < 1.29 is 19.7 Å². The van der Waals surface area contributed by atoms with Crippen molar-refractivity contribution in [1.82, 2.24) is 15.2 Å². The van der Waals surface area contributed by atoms with Gasteiger partial charge in [-0.25, -0.2) is 9.78 Å². The molecule has 2 aromatic carbocycles. The number of carboxylic acid groups (broad SMARTS) is 1. The predicted octanol–water partition coefficient (Wildman–Crippen LogP) is 4.48. The lowest BCUT2D eigenvalue weighted by Gasteiger charge is -2.34. The van der Waals surface area contributed by atoms with E-state index in [9.17, 15) is 15.0 Å². The van der Waals surface area contributed by atoms with E-state index in [0.29, 0.717) is 23.2 Å². The largest absolute Gasteiger partial charge is 0.478 e. The Balaban J connectivity index is 1.30. The van der Waals surface area contributed by atoms with Crippen LogP contribution in [0.15, 0.2) is 60.7 Å². The molecule has 1 aromatic heterocycles. The van der Waals surface area contributed by atoms with Gasteiger partial charge in [0.05, 0.1) is 18.2 Å². The summed E-state index contributed by atoms with van der Waals surface area (Å²) in [6.07, 6.45) is 2.06. The van der Waals surface area contributed by atoms with Gasteiger partial charge in [-0.3, -0.25) is 4.90 Å². The van der Waals surface area contributed by atoms with Gasteiger partial charge in [-0.05, 0) is 74.7 Å². The van der Waals surface area contributed by atoms with Crippen molar-refractivity contribution in [3.05, 3.63) is 88.6 Å². The fraction of sp³-hybridized carbons (Fsp3) is 0.357. The van der Waals surface area contributed by atoms with E-state index in [2.05, 4.69) is 33.4 Å². The van der Waals surface area contributed by atoms with Crippen molar-refractivity contribution in [2.75, 3.05) is 19.7 Å². The zero-order valence-corrected chi connectivity index (χ0v) is 20.3. The molecule has 0 unspecified atom stereocenters. The second-order valence-electron chi connectivity index (χ2n) is 9.14. The van der Waals surface area contributed by atoms with Crippen molar-refractivity contribution in [2.45, 2.75) is 45.3 Å². The monoisotopic (exact) mass is 475 g/mol. The molecule has 0 amide bonds. The minimum Gasteiger partial charge on any atom is -0.478 e. The van der Waals surface area contributed by atoms with Crippen LogP contribution in [0.1, 0.15) is 51.6 Å². The Bertz CT molecular complexity index is 1140. The van der Waals surface area contributed by atoms with Gasteiger partial charge in [0.1, 0.15) is 5.75 Å². The van der Waals surface area contributed by atoms with Crippen LogP contribution in [0.3, 0.4) is 0 Å². The van der Waals surface area contributed by atoms with Gasteiger partial charge in [0.25, 0.3) is 0 Å². The summed E-state index contributed by atoms with van der Waals surface area (Å²) >= 11 is 0. The quantitative estimate of drug-likeness (QED) is 0.420. The third-order valence-corrected chi connectivity index (χ3v) is 6.62. The summed E-state index contributed by atoms with van der Waals surface area (Å²) in [5.41, 5.74) is 4.12. The van der Waals surface area contributed by atoms with Crippen LogP contribution in [0.2, 0.25) is 0 Å². The fourth-order valence-corrected chi connectivity index (χ4v) is 4.57. The number of carboxylic acids is 1. The molecule has 7 nitrogen and oxygen atoms in total. The number of benzene rings is 2. The van der Waals surface area contributed by atoms with E-state index in [4.69, 9.17) is 4.74 Å². The van der Waals surface area contributed by atoms with Crippen LogP contribution in [-0.2, 0) is 6.54 Å². The number of likely N-dealkylation sites (tertiary alicyclic amines) is 1. The third-order valence-electron chi connectivity index (χ3n) is 6.62. The first-order valence-corrected chi connectivity index (χ1v) is 12.1. The number of carbonyl (C=O) groups is 1. The fourth-order valence-electron chi connectivity index (χ4n) is 4.57. The highest BCUT2D eigenvalue weighted by molar-refractivity contribution is 5.89. The minimum atomic E-state index is -0.948. The molecule has 184 valence electrons. The van der Waals surface area contributed by atoms with Crippen LogP contribution >= 0.6 is 0 Å². The van der Waals surface area contributed by atoms with Crippen molar-refractivity contribution in [2.24, 2.45) is 0 Å². The number of aliphatic hydroxyl groups is 1. The van der Waals surface area contributed by atoms with Gasteiger partial charge in [0.2, 0.25) is 5.88 Å². The molecule has 1 aliphatic heterocycles. The summed E-state index contributed by atoms with van der Waals surface area (Å²) in [4.78, 5) is 18.3. The van der Waals surface area contributed by atoms with Crippen LogP contribution in [0.25, 0.3) is 0 Å². The molecule has 0 aliphatic carbocycles. The Morgan fingerprint density at radius 1 is 1.11 bits per heavy atom. The maximum atomic E-state index is 11.2. The summed E-state index contributed by atoms with van der Waals surface area (Å²) in [6.45, 7) is 6.63. The molecule has 3 aromatic rings. The summed E-state index contributed by atoms with van der Waals surface area (Å²) in [5.74, 6) is 0.114. The molecular formula is C28H33N3O4. The number of aryl methyl sites for hydroxylation is 2. The van der Waals surface area contributed by atoms with Crippen molar-refractivity contribution in [1.29, 1.82) is 0 Å². The van der Waals surface area contributed by atoms with E-state index in [1.54, 1.807) is 25.1 Å². The molecule has 4 rings (SSSR count). The zero-order chi connectivity index (χ0) is 24.8. The minimum absolute atomic E-state index is 0.0316. The second-order valence-corrected chi connectivity index (χ2v) is 9.14. The molecule has 0 bridgehead atoms. The van der Waals surface area contributed by atoms with E-state index in [1.165, 1.54) is 5.56 Å². The van der Waals surface area contributed by atoms with E-state index in [0.717, 1.165) is 43.7 Å². The topological polar surface area (TPSA) is 94.9 Å². The smallest absolute Gasteiger partial charge is 0.335 e. The lowest BCUT2D eigenvalue weighted by molar-refractivity contribution is 0.0696. The standard InChI is InChI=1S/C28H33N3O4/c1-19-16-24(9-10-25(19)28(33)34)35-27-11-8-22(20(2)29-27)17-31-14-12-23(13-15-31)30-26(18-32)21-6-4-3-5-7-21/h3-11,16,23,26,30,32H,12-15,17-18H2,1-2H3,(H,33,34)/t26-/m0/s1. The molecule has 1 aliphatic rings. The van der Waals surface area contributed by atoms with E-state index in [1.807, 2.05) is 31.2 Å². The van der Waals surface area contributed by atoms with Crippen LogP contribution in [0.5, 0.6) is 11.6 Å². The Morgan fingerprint density at radius 2 is 1.86 bits per heavy atom. The maximum absolute atomic E-state index is 11.2. The molecule has 1 atom stereocenters. The molecule has 1 fully saturated rings. The number of aromatic carboxylic acids is 1. The molecule has 7 heteroatoms. The van der Waals surface area contributed by atoms with Gasteiger partial charge in [-0.1, -0.05) is 36.4 Å². The number of ether oxygens (including phenoxy) is 1. The highest BCUT2D eigenvalue weighted by atomic mass is 16.5. The first kappa shape index (κ1) is 24.9. The number of aromatic nitrogens is 1. The van der Waals surface area contributed by atoms with E-state index >= 15 is 0 Å². The number of nitrogens with zero attached hydrogens (tertiary/aromatic N) is 2. The van der Waals surface area contributed by atoms with Gasteiger partial charge in [0.15, 0.2) is 0 Å². The first-order chi connectivity index (χ1) is 16.9. The van der Waals surface area contributed by atoms with Crippen molar-refractivity contribution >= 4 is 5.97 Å². The molecule has 2 heterocycles. The number of nitrogens with one attached hydrogen (secondary N) is 1. The molecule has 35 heavy (non-hydrogen) atoms. The summed E-state index contributed by atoms with van der Waals surface area (Å²) in [6, 6.07) is 19.3. The molecule has 3 N–H and O–H groups in total. The molecule has 0 spiro atoms. The Labute approximate surface area is 206 Å². The first-order valence-electron chi connectivity index (χ1n) is 12.1. The zero-order valence-electron chi connectivity index (χ0n) is 20.3. The Hall–Kier alpha value is -3.26. The van der Waals surface area contributed by atoms with Gasteiger partial charge < -0.3 is 20.3 Å². The van der Waals surface area contributed by atoms with Crippen LogP contribution in [0, 0.1) is 13.8 Å². The van der Waals surface area contributed by atoms with Crippen LogP contribution < -0.4 is 10.1 Å². The molecule has 1 saturated heterocycles. The average Bonchev–Trinajstić information content (AvgIpc) is 2.85. The SMILES string of the molecule is Cc1cc(Oc2ccc(CN3CCC(N[C@@H](CO)c4ccccc4)CC3)c(C)n2)ccc1C(=O)O. The number of hydrogen-bond acceptors (Lipinski definition) is 6.